The molecule has 8 heteroatoms. The summed E-state index contributed by atoms with van der Waals surface area (Å²) in [5.74, 6) is 5.74. The second-order valence-corrected chi connectivity index (χ2v) is 6.26. The molecule has 6 nitrogen and oxygen atoms in total. The Morgan fingerprint density at radius 1 is 1.43 bits per heavy atom. The van der Waals surface area contributed by atoms with Gasteiger partial charge in [-0.2, -0.15) is 5.10 Å². The Balaban J connectivity index is 2.35. The zero-order valence-electron chi connectivity index (χ0n) is 11.9. The van der Waals surface area contributed by atoms with Gasteiger partial charge in [0.1, 0.15) is 0 Å². The number of hydrogen-bond acceptors (Lipinski definition) is 5. The van der Waals surface area contributed by atoms with Gasteiger partial charge in [-0.3, -0.25) is 15.5 Å². The molecule has 2 rings (SSSR count). The summed E-state index contributed by atoms with van der Waals surface area (Å²) in [7, 11) is 4.03. The average molecular weight is 374 g/mol. The Morgan fingerprint density at radius 3 is 2.81 bits per heavy atom. The van der Waals surface area contributed by atoms with Gasteiger partial charge in [-0.25, -0.2) is 5.43 Å². The standard InChI is InChI=1S/C13H18BrClN6/c1-20(2)3-4-21-13(11(15)8-18-21)12(19-16)9-5-10(14)7-17-6-9/h5-8,12,19H,3-4,16H2,1-2H3. The first-order valence-electron chi connectivity index (χ1n) is 6.45. The number of hydrogen-bond donors (Lipinski definition) is 2. The monoisotopic (exact) mass is 372 g/mol. The van der Waals surface area contributed by atoms with Crippen molar-refractivity contribution >= 4 is 27.5 Å². The van der Waals surface area contributed by atoms with Crippen LogP contribution in [0.1, 0.15) is 17.3 Å². The second kappa shape index (κ2) is 7.33. The Bertz CT molecular complexity index is 600. The smallest absolute Gasteiger partial charge is 0.0908 e. The molecule has 2 heterocycles. The van der Waals surface area contributed by atoms with Gasteiger partial charge in [0.05, 0.1) is 29.5 Å². The van der Waals surface area contributed by atoms with Gasteiger partial charge in [-0.1, -0.05) is 11.6 Å². The molecule has 114 valence electrons. The molecule has 1 unspecified atom stereocenters. The number of likely N-dealkylation sites (N-methyl/N-ethyl adjacent to an activating group) is 1. The molecule has 0 spiro atoms. The van der Waals surface area contributed by atoms with Crippen LogP contribution >= 0.6 is 27.5 Å². The van der Waals surface area contributed by atoms with Crippen LogP contribution in [0, 0.1) is 0 Å². The van der Waals surface area contributed by atoms with E-state index in [1.807, 2.05) is 24.8 Å². The number of halogens is 2. The van der Waals surface area contributed by atoms with Crippen LogP contribution in [0.3, 0.4) is 0 Å². The fourth-order valence-electron chi connectivity index (χ4n) is 2.05. The Kier molecular flexibility index (Phi) is 5.72. The van der Waals surface area contributed by atoms with E-state index in [1.165, 1.54) is 0 Å². The number of rotatable bonds is 6. The third-order valence-corrected chi connectivity index (χ3v) is 3.82. The summed E-state index contributed by atoms with van der Waals surface area (Å²) in [6.07, 6.45) is 5.12. The molecule has 0 amide bonds. The van der Waals surface area contributed by atoms with Crippen molar-refractivity contribution in [3.8, 4) is 0 Å². The van der Waals surface area contributed by atoms with Gasteiger partial charge >= 0.3 is 0 Å². The molecule has 0 saturated heterocycles. The van der Waals surface area contributed by atoms with Crippen molar-refractivity contribution in [1.82, 2.24) is 25.1 Å². The van der Waals surface area contributed by atoms with Gasteiger partial charge in [-0.05, 0) is 41.7 Å². The van der Waals surface area contributed by atoms with Crippen molar-refractivity contribution in [2.45, 2.75) is 12.6 Å². The van der Waals surface area contributed by atoms with Crippen LogP contribution in [0.5, 0.6) is 0 Å². The normalized spacial score (nSPS) is 12.9. The van der Waals surface area contributed by atoms with E-state index in [0.29, 0.717) is 5.02 Å². The van der Waals surface area contributed by atoms with Crippen LogP contribution in [-0.2, 0) is 6.54 Å². The molecule has 2 aromatic heterocycles. The number of aromatic nitrogens is 3. The van der Waals surface area contributed by atoms with E-state index in [2.05, 4.69) is 36.3 Å². The van der Waals surface area contributed by atoms with Crippen LogP contribution < -0.4 is 11.3 Å². The van der Waals surface area contributed by atoms with E-state index >= 15 is 0 Å². The summed E-state index contributed by atoms with van der Waals surface area (Å²) < 4.78 is 2.75. The number of nitrogens with one attached hydrogen (secondary N) is 1. The van der Waals surface area contributed by atoms with E-state index in [-0.39, 0.29) is 6.04 Å². The van der Waals surface area contributed by atoms with Crippen molar-refractivity contribution in [3.05, 3.63) is 45.4 Å². The molecule has 0 aliphatic carbocycles. The van der Waals surface area contributed by atoms with Crippen LogP contribution in [-0.4, -0.2) is 40.3 Å². The Morgan fingerprint density at radius 2 is 2.19 bits per heavy atom. The summed E-state index contributed by atoms with van der Waals surface area (Å²) in [6, 6.07) is 1.68. The topological polar surface area (TPSA) is 72.0 Å². The minimum Gasteiger partial charge on any atom is -0.308 e. The van der Waals surface area contributed by atoms with Crippen molar-refractivity contribution in [2.75, 3.05) is 20.6 Å². The fourth-order valence-corrected chi connectivity index (χ4v) is 2.68. The lowest BCUT2D eigenvalue weighted by atomic mass is 10.1. The van der Waals surface area contributed by atoms with Gasteiger partial charge in [-0.15, -0.1) is 0 Å². The highest BCUT2D eigenvalue weighted by Gasteiger charge is 2.21. The van der Waals surface area contributed by atoms with Crippen molar-refractivity contribution in [3.63, 3.8) is 0 Å². The molecule has 0 bridgehead atoms. The number of nitrogens with two attached hydrogens (primary N) is 1. The van der Waals surface area contributed by atoms with E-state index in [0.717, 1.165) is 28.8 Å². The maximum absolute atomic E-state index is 6.30. The first-order chi connectivity index (χ1) is 10.0. The molecule has 2 aromatic rings. The van der Waals surface area contributed by atoms with Gasteiger partial charge in [0.15, 0.2) is 0 Å². The quantitative estimate of drug-likeness (QED) is 0.597. The summed E-state index contributed by atoms with van der Waals surface area (Å²) in [4.78, 5) is 6.26. The lowest BCUT2D eigenvalue weighted by Crippen LogP contribution is -2.32. The summed E-state index contributed by atoms with van der Waals surface area (Å²) in [5, 5.41) is 4.92. The van der Waals surface area contributed by atoms with Crippen LogP contribution in [0.2, 0.25) is 5.02 Å². The van der Waals surface area contributed by atoms with Crippen molar-refractivity contribution < 1.29 is 0 Å². The minimum atomic E-state index is -0.271. The SMILES string of the molecule is CN(C)CCn1ncc(Cl)c1C(NN)c1cncc(Br)c1. The van der Waals surface area contributed by atoms with Gasteiger partial charge in [0, 0.05) is 23.4 Å². The third kappa shape index (κ3) is 4.02. The molecule has 0 aromatic carbocycles. The molecule has 21 heavy (non-hydrogen) atoms. The Hall–Kier alpha value is -0.990. The second-order valence-electron chi connectivity index (χ2n) is 4.94. The summed E-state index contributed by atoms with van der Waals surface area (Å²) in [6.45, 7) is 1.59. The highest BCUT2D eigenvalue weighted by atomic mass is 79.9. The fraction of sp³-hybridized carbons (Fsp3) is 0.385. The largest absolute Gasteiger partial charge is 0.308 e. The lowest BCUT2D eigenvalue weighted by Gasteiger charge is -2.19. The molecule has 3 N–H and O–H groups in total. The van der Waals surface area contributed by atoms with Crippen molar-refractivity contribution in [2.24, 2.45) is 5.84 Å². The van der Waals surface area contributed by atoms with Gasteiger partial charge < -0.3 is 4.90 Å². The highest BCUT2D eigenvalue weighted by molar-refractivity contribution is 9.10. The van der Waals surface area contributed by atoms with E-state index in [9.17, 15) is 0 Å². The molecular weight excluding hydrogens is 356 g/mol. The molecule has 0 radical (unpaired) electrons. The first kappa shape index (κ1) is 16.4. The number of pyridine rings is 1. The van der Waals surface area contributed by atoms with Crippen LogP contribution in [0.4, 0.5) is 0 Å². The molecule has 0 aliphatic heterocycles. The zero-order chi connectivity index (χ0) is 15.4. The molecule has 1 atom stereocenters. The number of nitrogens with zero attached hydrogens (tertiary/aromatic N) is 4. The summed E-state index contributed by atoms with van der Waals surface area (Å²) in [5.41, 5.74) is 4.55. The predicted octanol–water partition coefficient (Wildman–Crippen LogP) is 1.81. The van der Waals surface area contributed by atoms with Crippen LogP contribution in [0.15, 0.2) is 29.1 Å². The average Bonchev–Trinajstić information content (AvgIpc) is 2.79. The van der Waals surface area contributed by atoms with Crippen LogP contribution in [0.25, 0.3) is 0 Å². The zero-order valence-corrected chi connectivity index (χ0v) is 14.3. The molecular formula is C13H18BrClN6. The maximum atomic E-state index is 6.30. The maximum Gasteiger partial charge on any atom is 0.0908 e. The van der Waals surface area contributed by atoms with E-state index in [4.69, 9.17) is 17.4 Å². The first-order valence-corrected chi connectivity index (χ1v) is 7.62. The molecule has 0 aliphatic rings. The van der Waals surface area contributed by atoms with E-state index < -0.39 is 0 Å². The predicted molar refractivity (Wildman–Crippen MR) is 86.9 cm³/mol. The molecule has 0 fully saturated rings. The van der Waals surface area contributed by atoms with Crippen molar-refractivity contribution in [1.29, 1.82) is 0 Å². The third-order valence-electron chi connectivity index (χ3n) is 3.09. The minimum absolute atomic E-state index is 0.271. The lowest BCUT2D eigenvalue weighted by molar-refractivity contribution is 0.365. The Labute approximate surface area is 137 Å². The highest BCUT2D eigenvalue weighted by Crippen LogP contribution is 2.28. The van der Waals surface area contributed by atoms with Gasteiger partial charge in [0.2, 0.25) is 0 Å². The molecule has 0 saturated carbocycles. The van der Waals surface area contributed by atoms with E-state index in [1.54, 1.807) is 18.6 Å². The summed E-state index contributed by atoms with van der Waals surface area (Å²) >= 11 is 9.72. The van der Waals surface area contributed by atoms with Gasteiger partial charge in [0.25, 0.3) is 0 Å². The number of hydrazine groups is 1.